The van der Waals surface area contributed by atoms with E-state index >= 15 is 0 Å². The Balaban J connectivity index is 1.50. The van der Waals surface area contributed by atoms with Gasteiger partial charge in [-0.15, -0.1) is 4.73 Å². The molecule has 2 N–H and O–H groups in total. The molecule has 8 heteroatoms. The first-order chi connectivity index (χ1) is 12.0. The molecular weight excluding hydrogens is 330 g/mol. The smallest absolute Gasteiger partial charge is 0.336 e. The van der Waals surface area contributed by atoms with Crippen molar-refractivity contribution >= 4 is 16.9 Å². The molecule has 0 fully saturated rings. The van der Waals surface area contributed by atoms with Crippen molar-refractivity contribution in [1.82, 2.24) is 4.73 Å². The fraction of sp³-hybridized carbons (Fsp3) is 0.176. The van der Waals surface area contributed by atoms with Crippen LogP contribution >= 0.6 is 0 Å². The maximum atomic E-state index is 11.7. The Labute approximate surface area is 141 Å². The summed E-state index contributed by atoms with van der Waals surface area (Å²) >= 11 is 0. The van der Waals surface area contributed by atoms with Crippen molar-refractivity contribution in [2.75, 3.05) is 6.61 Å². The number of aromatic nitrogens is 1. The lowest BCUT2D eigenvalue weighted by atomic mass is 10.2. The van der Waals surface area contributed by atoms with Gasteiger partial charge in [-0.2, -0.15) is 0 Å². The summed E-state index contributed by atoms with van der Waals surface area (Å²) in [5.74, 6) is -0.870. The van der Waals surface area contributed by atoms with Crippen LogP contribution in [-0.4, -0.2) is 27.5 Å². The van der Waals surface area contributed by atoms with Crippen molar-refractivity contribution in [2.45, 2.75) is 12.8 Å². The Morgan fingerprint density at radius 1 is 1.08 bits per heavy atom. The fourth-order valence-corrected chi connectivity index (χ4v) is 2.18. The second-order valence-corrected chi connectivity index (χ2v) is 5.21. The highest BCUT2D eigenvalue weighted by Gasteiger charge is 2.12. The SMILES string of the molecule is O=C(CCCOc1ccc2ccc(=O)oc2c1)On1c(O)ccc1O. The number of fused-ring (bicyclic) bond motifs is 1. The molecule has 25 heavy (non-hydrogen) atoms. The Morgan fingerprint density at radius 3 is 2.56 bits per heavy atom. The Kier molecular flexibility index (Phi) is 4.60. The van der Waals surface area contributed by atoms with Crippen molar-refractivity contribution in [3.8, 4) is 17.5 Å². The van der Waals surface area contributed by atoms with Crippen LogP contribution in [0.4, 0.5) is 0 Å². The Bertz CT molecular complexity index is 938. The largest absolute Gasteiger partial charge is 0.493 e. The molecule has 2 aromatic heterocycles. The minimum absolute atomic E-state index is 0.0275. The van der Waals surface area contributed by atoms with E-state index in [1.807, 2.05) is 0 Å². The van der Waals surface area contributed by atoms with E-state index in [4.69, 9.17) is 14.0 Å². The summed E-state index contributed by atoms with van der Waals surface area (Å²) in [6.07, 6.45) is 0.387. The molecule has 0 spiro atoms. The maximum Gasteiger partial charge on any atom is 0.336 e. The van der Waals surface area contributed by atoms with Crippen LogP contribution in [0.25, 0.3) is 11.0 Å². The molecule has 0 saturated heterocycles. The predicted molar refractivity (Wildman–Crippen MR) is 86.6 cm³/mol. The second-order valence-electron chi connectivity index (χ2n) is 5.21. The number of carbonyl (C=O) groups excluding carboxylic acids is 1. The van der Waals surface area contributed by atoms with Crippen molar-refractivity contribution in [3.05, 3.63) is 52.9 Å². The minimum atomic E-state index is -0.630. The molecule has 130 valence electrons. The molecule has 0 amide bonds. The van der Waals surface area contributed by atoms with Crippen molar-refractivity contribution in [2.24, 2.45) is 0 Å². The fourth-order valence-electron chi connectivity index (χ4n) is 2.18. The first-order valence-electron chi connectivity index (χ1n) is 7.50. The van der Waals surface area contributed by atoms with Crippen LogP contribution in [0.15, 0.2) is 51.7 Å². The lowest BCUT2D eigenvalue weighted by Crippen LogP contribution is -2.19. The zero-order chi connectivity index (χ0) is 17.8. The molecule has 0 aliphatic carbocycles. The zero-order valence-electron chi connectivity index (χ0n) is 13.0. The third kappa shape index (κ3) is 3.92. The van der Waals surface area contributed by atoms with E-state index in [1.54, 1.807) is 24.3 Å². The Morgan fingerprint density at radius 2 is 1.80 bits per heavy atom. The standard InChI is InChI=1S/C17H15NO7/c19-14-6-7-15(20)18(14)25-17(22)2-1-9-23-12-5-3-11-4-8-16(21)24-13(11)10-12/h3-8,10,19-20H,1-2,9H2. The summed E-state index contributed by atoms with van der Waals surface area (Å²) in [6.45, 7) is 0.237. The van der Waals surface area contributed by atoms with Crippen molar-refractivity contribution < 1.29 is 29.0 Å². The van der Waals surface area contributed by atoms with E-state index < -0.39 is 11.6 Å². The number of aromatic hydroxyl groups is 2. The van der Waals surface area contributed by atoms with Gasteiger partial charge in [-0.1, -0.05) is 0 Å². The third-order valence-corrected chi connectivity index (χ3v) is 3.38. The third-order valence-electron chi connectivity index (χ3n) is 3.38. The van der Waals surface area contributed by atoms with Crippen LogP contribution in [0.5, 0.6) is 17.5 Å². The first kappa shape index (κ1) is 16.4. The number of rotatable bonds is 6. The van der Waals surface area contributed by atoms with Crippen LogP contribution in [0.2, 0.25) is 0 Å². The van der Waals surface area contributed by atoms with Gasteiger partial charge in [-0.25, -0.2) is 9.59 Å². The summed E-state index contributed by atoms with van der Waals surface area (Å²) < 4.78 is 11.2. The van der Waals surface area contributed by atoms with E-state index in [2.05, 4.69) is 0 Å². The van der Waals surface area contributed by atoms with Crippen LogP contribution in [0, 0.1) is 0 Å². The number of hydrogen-bond acceptors (Lipinski definition) is 7. The molecule has 3 aromatic rings. The van der Waals surface area contributed by atoms with Crippen LogP contribution in [-0.2, 0) is 4.79 Å². The van der Waals surface area contributed by atoms with Crippen LogP contribution in [0.3, 0.4) is 0 Å². The minimum Gasteiger partial charge on any atom is -0.493 e. The van der Waals surface area contributed by atoms with Gasteiger partial charge in [-0.3, -0.25) is 0 Å². The van der Waals surface area contributed by atoms with Crippen molar-refractivity contribution in [1.29, 1.82) is 0 Å². The molecule has 2 heterocycles. The quantitative estimate of drug-likeness (QED) is 0.518. The first-order valence-corrected chi connectivity index (χ1v) is 7.50. The summed E-state index contributed by atoms with van der Waals surface area (Å²) in [6, 6.07) is 10.5. The molecule has 3 rings (SSSR count). The zero-order valence-corrected chi connectivity index (χ0v) is 13.0. The molecule has 0 bridgehead atoms. The number of hydrogen-bond donors (Lipinski definition) is 2. The summed E-state index contributed by atoms with van der Waals surface area (Å²) in [5, 5.41) is 19.5. The van der Waals surface area contributed by atoms with E-state index in [0.29, 0.717) is 22.5 Å². The average molecular weight is 345 g/mol. The summed E-state index contributed by atoms with van der Waals surface area (Å²) in [7, 11) is 0. The molecule has 1 aromatic carbocycles. The number of ether oxygens (including phenoxy) is 1. The second kappa shape index (κ2) is 7.00. The highest BCUT2D eigenvalue weighted by Crippen LogP contribution is 2.20. The highest BCUT2D eigenvalue weighted by molar-refractivity contribution is 5.77. The molecule has 0 radical (unpaired) electrons. The van der Waals surface area contributed by atoms with Crippen molar-refractivity contribution in [3.63, 3.8) is 0 Å². The van der Waals surface area contributed by atoms with E-state index in [-0.39, 0.29) is 24.8 Å². The normalized spacial score (nSPS) is 10.7. The molecule has 0 aliphatic rings. The molecule has 0 atom stereocenters. The summed E-state index contributed by atoms with van der Waals surface area (Å²) in [4.78, 5) is 27.7. The van der Waals surface area contributed by atoms with Crippen LogP contribution in [0.1, 0.15) is 12.8 Å². The highest BCUT2D eigenvalue weighted by atomic mass is 16.7. The number of nitrogens with zero attached hydrogens (tertiary/aromatic N) is 1. The van der Waals surface area contributed by atoms with Gasteiger partial charge in [0.15, 0.2) is 0 Å². The van der Waals surface area contributed by atoms with Gasteiger partial charge in [0.2, 0.25) is 11.8 Å². The molecule has 0 aliphatic heterocycles. The number of benzene rings is 1. The Hall–Kier alpha value is -3.42. The van der Waals surface area contributed by atoms with E-state index in [0.717, 1.165) is 5.39 Å². The monoisotopic (exact) mass is 345 g/mol. The molecule has 0 unspecified atom stereocenters. The average Bonchev–Trinajstić information content (AvgIpc) is 2.90. The predicted octanol–water partition coefficient (Wildman–Crippen LogP) is 1.82. The van der Waals surface area contributed by atoms with Crippen LogP contribution < -0.4 is 15.2 Å². The lowest BCUT2D eigenvalue weighted by Gasteiger charge is -2.08. The van der Waals surface area contributed by atoms with Gasteiger partial charge in [0.1, 0.15) is 11.3 Å². The lowest BCUT2D eigenvalue weighted by molar-refractivity contribution is -0.145. The maximum absolute atomic E-state index is 11.7. The summed E-state index contributed by atoms with van der Waals surface area (Å²) in [5.41, 5.74) is -0.0214. The molecule has 0 saturated carbocycles. The molecule has 8 nitrogen and oxygen atoms in total. The van der Waals surface area contributed by atoms with Gasteiger partial charge in [-0.05, 0) is 24.6 Å². The van der Waals surface area contributed by atoms with Gasteiger partial charge in [0, 0.05) is 29.7 Å². The van der Waals surface area contributed by atoms with E-state index in [1.165, 1.54) is 18.2 Å². The van der Waals surface area contributed by atoms with Gasteiger partial charge in [0.25, 0.3) is 0 Å². The van der Waals surface area contributed by atoms with Gasteiger partial charge in [0.05, 0.1) is 13.0 Å². The van der Waals surface area contributed by atoms with E-state index in [9.17, 15) is 19.8 Å². The molecular formula is C17H15NO7. The van der Waals surface area contributed by atoms with Gasteiger partial charge < -0.3 is 24.2 Å². The van der Waals surface area contributed by atoms with Gasteiger partial charge >= 0.3 is 11.6 Å². The topological polar surface area (TPSA) is 111 Å². The number of carbonyl (C=O) groups is 1.